The van der Waals surface area contributed by atoms with E-state index in [0.717, 1.165) is 12.8 Å². The molecule has 0 bridgehead atoms. The number of hydrogen-bond acceptors (Lipinski definition) is 2. The standard InChI is InChI=1S/C11H10F3NO2/c12-7-3-5(4-8(13)9(7)14)10(11(16)17)15-6-1-2-6/h3-4,6,10,15H,1-2H2,(H,16,17). The molecular weight excluding hydrogens is 235 g/mol. The second-order valence-corrected chi connectivity index (χ2v) is 4.01. The highest BCUT2D eigenvalue weighted by Crippen LogP contribution is 2.26. The predicted octanol–water partition coefficient (Wildman–Crippen LogP) is 1.98. The van der Waals surface area contributed by atoms with E-state index >= 15 is 0 Å². The zero-order valence-corrected chi connectivity index (χ0v) is 8.71. The van der Waals surface area contributed by atoms with Gasteiger partial charge in [-0.3, -0.25) is 10.1 Å². The molecule has 0 spiro atoms. The Morgan fingerprint density at radius 3 is 2.24 bits per heavy atom. The van der Waals surface area contributed by atoms with Crippen LogP contribution in [0.15, 0.2) is 12.1 Å². The Labute approximate surface area is 95.3 Å². The van der Waals surface area contributed by atoms with Crippen molar-refractivity contribution in [2.75, 3.05) is 0 Å². The van der Waals surface area contributed by atoms with Crippen molar-refractivity contribution >= 4 is 5.97 Å². The molecule has 1 aromatic carbocycles. The molecule has 2 rings (SSSR count). The summed E-state index contributed by atoms with van der Waals surface area (Å²) < 4.78 is 38.7. The third kappa shape index (κ3) is 2.58. The number of carboxylic acids is 1. The Hall–Kier alpha value is -1.56. The summed E-state index contributed by atoms with van der Waals surface area (Å²) in [5.74, 6) is -5.61. The fourth-order valence-electron chi connectivity index (χ4n) is 1.54. The topological polar surface area (TPSA) is 49.3 Å². The molecule has 1 fully saturated rings. The number of rotatable bonds is 4. The van der Waals surface area contributed by atoms with Crippen molar-refractivity contribution in [3.05, 3.63) is 35.1 Å². The van der Waals surface area contributed by atoms with Gasteiger partial charge in [-0.25, -0.2) is 13.2 Å². The molecule has 1 aliphatic carbocycles. The lowest BCUT2D eigenvalue weighted by Crippen LogP contribution is -2.30. The van der Waals surface area contributed by atoms with Gasteiger partial charge in [0.2, 0.25) is 0 Å². The third-order valence-electron chi connectivity index (χ3n) is 2.57. The van der Waals surface area contributed by atoms with Crippen LogP contribution in [0.3, 0.4) is 0 Å². The average molecular weight is 245 g/mol. The first-order valence-electron chi connectivity index (χ1n) is 5.12. The van der Waals surface area contributed by atoms with E-state index in [9.17, 15) is 18.0 Å². The first-order chi connectivity index (χ1) is 7.99. The van der Waals surface area contributed by atoms with E-state index in [4.69, 9.17) is 5.11 Å². The summed E-state index contributed by atoms with van der Waals surface area (Å²) in [5.41, 5.74) is -0.124. The molecule has 3 nitrogen and oxygen atoms in total. The second kappa shape index (κ2) is 4.37. The minimum absolute atomic E-state index is 0.0484. The molecule has 2 N–H and O–H groups in total. The van der Waals surface area contributed by atoms with Crippen LogP contribution in [0, 0.1) is 17.5 Å². The lowest BCUT2D eigenvalue weighted by molar-refractivity contribution is -0.139. The van der Waals surface area contributed by atoms with Gasteiger partial charge in [0, 0.05) is 6.04 Å². The monoisotopic (exact) mass is 245 g/mol. The van der Waals surface area contributed by atoms with E-state index < -0.39 is 29.5 Å². The summed E-state index contributed by atoms with van der Waals surface area (Å²) in [6, 6.07) is 0.235. The van der Waals surface area contributed by atoms with E-state index in [-0.39, 0.29) is 11.6 Å². The number of hydrogen-bond donors (Lipinski definition) is 2. The van der Waals surface area contributed by atoms with Crippen molar-refractivity contribution in [2.24, 2.45) is 0 Å². The van der Waals surface area contributed by atoms with E-state index in [1.807, 2.05) is 0 Å². The van der Waals surface area contributed by atoms with E-state index in [1.54, 1.807) is 0 Å². The zero-order chi connectivity index (χ0) is 12.6. The van der Waals surface area contributed by atoms with E-state index in [2.05, 4.69) is 5.32 Å². The molecule has 0 amide bonds. The first kappa shape index (κ1) is 11.9. The van der Waals surface area contributed by atoms with Crippen LogP contribution in [0.1, 0.15) is 24.4 Å². The Kier molecular flexibility index (Phi) is 3.06. The summed E-state index contributed by atoms with van der Waals surface area (Å²) in [7, 11) is 0. The predicted molar refractivity (Wildman–Crippen MR) is 52.9 cm³/mol. The maximum Gasteiger partial charge on any atom is 0.325 e. The number of carbonyl (C=O) groups is 1. The average Bonchev–Trinajstić information content (AvgIpc) is 3.05. The molecule has 0 aliphatic heterocycles. The van der Waals surface area contributed by atoms with Gasteiger partial charge in [0.05, 0.1) is 0 Å². The van der Waals surface area contributed by atoms with Crippen molar-refractivity contribution in [2.45, 2.75) is 24.9 Å². The molecule has 1 saturated carbocycles. The molecule has 1 unspecified atom stereocenters. The summed E-state index contributed by atoms with van der Waals surface area (Å²) >= 11 is 0. The maximum absolute atomic E-state index is 13.0. The van der Waals surface area contributed by atoms with Crippen LogP contribution in [0.4, 0.5) is 13.2 Å². The number of benzene rings is 1. The summed E-state index contributed by atoms with van der Waals surface area (Å²) in [4.78, 5) is 11.0. The van der Waals surface area contributed by atoms with Crippen molar-refractivity contribution < 1.29 is 23.1 Å². The Bertz CT molecular complexity index is 437. The highest BCUT2D eigenvalue weighted by atomic mass is 19.2. The number of nitrogens with one attached hydrogen (secondary N) is 1. The Balaban J connectivity index is 2.31. The fourth-order valence-corrected chi connectivity index (χ4v) is 1.54. The van der Waals surface area contributed by atoms with Gasteiger partial charge in [0.25, 0.3) is 0 Å². The normalized spacial score (nSPS) is 16.9. The summed E-state index contributed by atoms with van der Waals surface area (Å²) in [6.45, 7) is 0. The van der Waals surface area contributed by atoms with Gasteiger partial charge >= 0.3 is 5.97 Å². The summed E-state index contributed by atoms with van der Waals surface area (Å²) in [5, 5.41) is 11.7. The SMILES string of the molecule is O=C(O)C(NC1CC1)c1cc(F)c(F)c(F)c1. The second-order valence-electron chi connectivity index (χ2n) is 4.01. The Morgan fingerprint density at radius 1 is 1.29 bits per heavy atom. The van der Waals surface area contributed by atoms with Crippen LogP contribution >= 0.6 is 0 Å². The number of halogens is 3. The fraction of sp³-hybridized carbons (Fsp3) is 0.364. The quantitative estimate of drug-likeness (QED) is 0.797. The molecular formula is C11H10F3NO2. The van der Waals surface area contributed by atoms with Gasteiger partial charge < -0.3 is 5.11 Å². The first-order valence-corrected chi connectivity index (χ1v) is 5.12. The van der Waals surface area contributed by atoms with Crippen LogP contribution in [0.5, 0.6) is 0 Å². The van der Waals surface area contributed by atoms with Crippen molar-refractivity contribution in [3.8, 4) is 0 Å². The molecule has 1 atom stereocenters. The third-order valence-corrected chi connectivity index (χ3v) is 2.57. The van der Waals surface area contributed by atoms with Crippen LogP contribution in [-0.2, 0) is 4.79 Å². The zero-order valence-electron chi connectivity index (χ0n) is 8.71. The van der Waals surface area contributed by atoms with Crippen LogP contribution in [0.25, 0.3) is 0 Å². The molecule has 0 radical (unpaired) electrons. The lowest BCUT2D eigenvalue weighted by Gasteiger charge is -2.14. The largest absolute Gasteiger partial charge is 0.480 e. The minimum Gasteiger partial charge on any atom is -0.480 e. The van der Waals surface area contributed by atoms with Gasteiger partial charge in [0.1, 0.15) is 6.04 Å². The van der Waals surface area contributed by atoms with E-state index in [1.165, 1.54) is 0 Å². The van der Waals surface area contributed by atoms with Crippen molar-refractivity contribution in [1.29, 1.82) is 0 Å². The summed E-state index contributed by atoms with van der Waals surface area (Å²) in [6.07, 6.45) is 1.66. The van der Waals surface area contributed by atoms with Gasteiger partial charge in [-0.1, -0.05) is 0 Å². The van der Waals surface area contributed by atoms with Crippen LogP contribution in [-0.4, -0.2) is 17.1 Å². The molecule has 0 saturated heterocycles. The highest BCUT2D eigenvalue weighted by molar-refractivity contribution is 5.75. The molecule has 92 valence electrons. The molecule has 6 heteroatoms. The highest BCUT2D eigenvalue weighted by Gasteiger charge is 2.30. The van der Waals surface area contributed by atoms with Crippen LogP contribution < -0.4 is 5.32 Å². The van der Waals surface area contributed by atoms with Crippen molar-refractivity contribution in [1.82, 2.24) is 5.32 Å². The lowest BCUT2D eigenvalue weighted by atomic mass is 10.1. The van der Waals surface area contributed by atoms with Gasteiger partial charge in [-0.2, -0.15) is 0 Å². The maximum atomic E-state index is 13.0. The minimum atomic E-state index is -1.59. The van der Waals surface area contributed by atoms with Crippen LogP contribution in [0.2, 0.25) is 0 Å². The van der Waals surface area contributed by atoms with Gasteiger partial charge in [-0.05, 0) is 30.5 Å². The smallest absolute Gasteiger partial charge is 0.325 e. The Morgan fingerprint density at radius 2 is 1.82 bits per heavy atom. The molecule has 0 heterocycles. The van der Waals surface area contributed by atoms with Gasteiger partial charge in [0.15, 0.2) is 17.5 Å². The molecule has 17 heavy (non-hydrogen) atoms. The number of carboxylic acid groups (broad SMARTS) is 1. The molecule has 0 aromatic heterocycles. The van der Waals surface area contributed by atoms with Gasteiger partial charge in [-0.15, -0.1) is 0 Å². The molecule has 1 aromatic rings. The number of aliphatic carboxylic acids is 1. The van der Waals surface area contributed by atoms with Crippen molar-refractivity contribution in [3.63, 3.8) is 0 Å². The van der Waals surface area contributed by atoms with E-state index in [0.29, 0.717) is 12.1 Å². The molecule has 1 aliphatic rings.